The van der Waals surface area contributed by atoms with Crippen LogP contribution in [0.25, 0.3) is 0 Å². The van der Waals surface area contributed by atoms with Gasteiger partial charge in [0.15, 0.2) is 0 Å². The van der Waals surface area contributed by atoms with E-state index in [1.165, 1.54) is 31.5 Å². The zero-order chi connectivity index (χ0) is 21.5. The summed E-state index contributed by atoms with van der Waals surface area (Å²) in [5, 5.41) is 3.10. The molecule has 2 fully saturated rings. The highest BCUT2D eigenvalue weighted by Crippen LogP contribution is 2.25. The van der Waals surface area contributed by atoms with E-state index in [4.69, 9.17) is 0 Å². The minimum atomic E-state index is 0.153. The van der Waals surface area contributed by atoms with Crippen LogP contribution in [-0.4, -0.2) is 59.5 Å². The highest BCUT2D eigenvalue weighted by atomic mass is 16.1. The van der Waals surface area contributed by atoms with Gasteiger partial charge in [-0.1, -0.05) is 43.3 Å². The molecule has 5 heteroatoms. The second-order valence-corrected chi connectivity index (χ2v) is 9.23. The van der Waals surface area contributed by atoms with Gasteiger partial charge >= 0.3 is 0 Å². The van der Waals surface area contributed by atoms with Gasteiger partial charge in [0.25, 0.3) is 0 Å². The number of hydrogen-bond donors (Lipinski definition) is 1. The molecule has 5 nitrogen and oxygen atoms in total. The van der Waals surface area contributed by atoms with Crippen molar-refractivity contribution in [2.45, 2.75) is 51.1 Å². The van der Waals surface area contributed by atoms with Crippen LogP contribution in [-0.2, 0) is 11.3 Å². The van der Waals surface area contributed by atoms with Gasteiger partial charge in [0, 0.05) is 37.4 Å². The Bertz CT molecular complexity index is 797. The van der Waals surface area contributed by atoms with Crippen molar-refractivity contribution >= 4 is 5.91 Å². The molecule has 2 aliphatic heterocycles. The van der Waals surface area contributed by atoms with Crippen LogP contribution in [0.15, 0.2) is 54.9 Å². The van der Waals surface area contributed by atoms with Gasteiger partial charge in [-0.2, -0.15) is 0 Å². The molecule has 2 saturated heterocycles. The van der Waals surface area contributed by atoms with Crippen LogP contribution in [0.4, 0.5) is 0 Å². The molecule has 0 spiro atoms. The van der Waals surface area contributed by atoms with Crippen molar-refractivity contribution < 1.29 is 4.79 Å². The van der Waals surface area contributed by atoms with Gasteiger partial charge < -0.3 is 15.1 Å². The van der Waals surface area contributed by atoms with Gasteiger partial charge in [0.05, 0.1) is 0 Å². The molecule has 3 heterocycles. The number of pyridine rings is 1. The molecule has 1 N–H and O–H groups in total. The van der Waals surface area contributed by atoms with Crippen LogP contribution >= 0.6 is 0 Å². The fraction of sp³-hybridized carbons (Fsp3) is 0.538. The Kier molecular flexibility index (Phi) is 7.71. The van der Waals surface area contributed by atoms with E-state index in [9.17, 15) is 4.79 Å². The van der Waals surface area contributed by atoms with Gasteiger partial charge in [0.1, 0.15) is 0 Å². The summed E-state index contributed by atoms with van der Waals surface area (Å²) >= 11 is 0. The maximum absolute atomic E-state index is 12.6. The second kappa shape index (κ2) is 10.9. The van der Waals surface area contributed by atoms with Crippen molar-refractivity contribution in [2.24, 2.45) is 5.92 Å². The number of aromatic nitrogens is 1. The highest BCUT2D eigenvalue weighted by molar-refractivity contribution is 5.78. The molecule has 0 radical (unpaired) electrons. The predicted molar refractivity (Wildman–Crippen MR) is 125 cm³/mol. The second-order valence-electron chi connectivity index (χ2n) is 9.23. The van der Waals surface area contributed by atoms with Crippen molar-refractivity contribution in [3.8, 4) is 0 Å². The van der Waals surface area contributed by atoms with Gasteiger partial charge in [-0.25, -0.2) is 0 Å². The van der Waals surface area contributed by atoms with E-state index >= 15 is 0 Å². The topological polar surface area (TPSA) is 48.5 Å². The molecule has 31 heavy (non-hydrogen) atoms. The third kappa shape index (κ3) is 6.14. The van der Waals surface area contributed by atoms with Crippen LogP contribution in [0.1, 0.15) is 49.7 Å². The third-order valence-electron chi connectivity index (χ3n) is 7.06. The Morgan fingerprint density at radius 1 is 1.03 bits per heavy atom. The molecule has 1 unspecified atom stereocenters. The summed E-state index contributed by atoms with van der Waals surface area (Å²) in [7, 11) is 0. The lowest BCUT2D eigenvalue weighted by Crippen LogP contribution is -2.49. The SMILES string of the molecule is CC(CN1CCC(N2CCC(C(=O)NCc3cccnc3)CC2)CC1)c1ccccc1. The first-order chi connectivity index (χ1) is 15.2. The van der Waals surface area contributed by atoms with E-state index in [0.717, 1.165) is 38.0 Å². The molecule has 2 aliphatic rings. The van der Waals surface area contributed by atoms with Gasteiger partial charge in [-0.05, 0) is 75.0 Å². The molecule has 0 aliphatic carbocycles. The minimum Gasteiger partial charge on any atom is -0.352 e. The number of hydrogen-bond acceptors (Lipinski definition) is 4. The number of carbonyl (C=O) groups is 1. The Labute approximate surface area is 186 Å². The molecule has 1 amide bonds. The first kappa shape index (κ1) is 22.0. The zero-order valence-electron chi connectivity index (χ0n) is 18.7. The van der Waals surface area contributed by atoms with Crippen molar-refractivity contribution in [3.05, 3.63) is 66.0 Å². The van der Waals surface area contributed by atoms with Crippen molar-refractivity contribution in [3.63, 3.8) is 0 Å². The standard InChI is InChI=1S/C26H36N4O/c1-21(23-7-3-2-4-8-23)20-29-14-11-25(12-15-29)30-16-9-24(10-17-30)26(31)28-19-22-6-5-13-27-18-22/h2-8,13,18,21,24-25H,9-12,14-17,19-20H2,1H3,(H,28,31). The lowest BCUT2D eigenvalue weighted by molar-refractivity contribution is -0.126. The number of nitrogens with zero attached hydrogens (tertiary/aromatic N) is 3. The lowest BCUT2D eigenvalue weighted by Gasteiger charge is -2.42. The summed E-state index contributed by atoms with van der Waals surface area (Å²) < 4.78 is 0. The van der Waals surface area contributed by atoms with Gasteiger partial charge in [0.2, 0.25) is 5.91 Å². The first-order valence-electron chi connectivity index (χ1n) is 11.9. The van der Waals surface area contributed by atoms with E-state index in [0.29, 0.717) is 18.5 Å². The Hall–Kier alpha value is -2.24. The van der Waals surface area contributed by atoms with Crippen molar-refractivity contribution in [2.75, 3.05) is 32.7 Å². The van der Waals surface area contributed by atoms with Gasteiger partial charge in [-0.15, -0.1) is 0 Å². The average molecular weight is 421 g/mol. The first-order valence-corrected chi connectivity index (χ1v) is 11.9. The number of amides is 1. The summed E-state index contributed by atoms with van der Waals surface area (Å²) in [5.41, 5.74) is 2.50. The molecular weight excluding hydrogens is 384 g/mol. The molecule has 166 valence electrons. The summed E-state index contributed by atoms with van der Waals surface area (Å²) in [4.78, 5) is 21.9. The maximum Gasteiger partial charge on any atom is 0.223 e. The van der Waals surface area contributed by atoms with Crippen LogP contribution < -0.4 is 5.32 Å². The van der Waals surface area contributed by atoms with E-state index in [-0.39, 0.29) is 11.8 Å². The third-order valence-corrected chi connectivity index (χ3v) is 7.06. The molecule has 1 aromatic heterocycles. The smallest absolute Gasteiger partial charge is 0.223 e. The van der Waals surface area contributed by atoms with E-state index in [1.807, 2.05) is 18.3 Å². The Morgan fingerprint density at radius 2 is 1.77 bits per heavy atom. The molecule has 4 rings (SSSR count). The number of piperidine rings is 2. The normalized spacial score (nSPS) is 20.4. The number of carbonyl (C=O) groups excluding carboxylic acids is 1. The fourth-order valence-electron chi connectivity index (χ4n) is 5.10. The largest absolute Gasteiger partial charge is 0.352 e. The number of benzene rings is 1. The summed E-state index contributed by atoms with van der Waals surface area (Å²) in [5.74, 6) is 0.937. The highest BCUT2D eigenvalue weighted by Gasteiger charge is 2.30. The monoisotopic (exact) mass is 420 g/mol. The number of likely N-dealkylation sites (tertiary alicyclic amines) is 2. The minimum absolute atomic E-state index is 0.153. The van der Waals surface area contributed by atoms with Crippen LogP contribution in [0.5, 0.6) is 0 Å². The fourth-order valence-corrected chi connectivity index (χ4v) is 5.10. The molecule has 0 bridgehead atoms. The quantitative estimate of drug-likeness (QED) is 0.742. The van der Waals surface area contributed by atoms with E-state index in [2.05, 4.69) is 57.4 Å². The summed E-state index contributed by atoms with van der Waals surface area (Å²) in [6.45, 7) is 8.54. The van der Waals surface area contributed by atoms with Crippen molar-refractivity contribution in [1.82, 2.24) is 20.1 Å². The molecule has 2 aromatic rings. The van der Waals surface area contributed by atoms with Crippen molar-refractivity contribution in [1.29, 1.82) is 0 Å². The predicted octanol–water partition coefficient (Wildman–Crippen LogP) is 3.68. The van der Waals surface area contributed by atoms with Crippen LogP contribution in [0.2, 0.25) is 0 Å². The molecular formula is C26H36N4O. The Morgan fingerprint density at radius 3 is 2.45 bits per heavy atom. The average Bonchev–Trinajstić information content (AvgIpc) is 2.84. The lowest BCUT2D eigenvalue weighted by atomic mass is 9.92. The molecule has 1 atom stereocenters. The van der Waals surface area contributed by atoms with Crippen LogP contribution in [0, 0.1) is 5.92 Å². The van der Waals surface area contributed by atoms with Gasteiger partial charge in [-0.3, -0.25) is 9.78 Å². The molecule has 0 saturated carbocycles. The van der Waals surface area contributed by atoms with Crippen LogP contribution in [0.3, 0.4) is 0 Å². The zero-order valence-corrected chi connectivity index (χ0v) is 18.7. The maximum atomic E-state index is 12.6. The Balaban J connectivity index is 1.16. The van der Waals surface area contributed by atoms with E-state index < -0.39 is 0 Å². The number of nitrogens with one attached hydrogen (secondary N) is 1. The summed E-state index contributed by atoms with van der Waals surface area (Å²) in [6.07, 6.45) is 8.03. The molecule has 1 aromatic carbocycles. The number of rotatable bonds is 7. The summed E-state index contributed by atoms with van der Waals surface area (Å²) in [6, 6.07) is 15.5. The van der Waals surface area contributed by atoms with E-state index in [1.54, 1.807) is 6.20 Å².